The van der Waals surface area contributed by atoms with Gasteiger partial charge in [0.15, 0.2) is 5.78 Å². The van der Waals surface area contributed by atoms with Crippen molar-refractivity contribution in [2.24, 2.45) is 47.3 Å². The lowest BCUT2D eigenvalue weighted by atomic mass is 9.85. The van der Waals surface area contributed by atoms with Gasteiger partial charge in [0.2, 0.25) is 59.1 Å². The number of likely N-dealkylation sites (N-methyl/N-ethyl adjacent to an activating group) is 7. The number of aliphatic hydroxyl groups is 2. The molecule has 1 heterocycles. The Morgan fingerprint density at radius 3 is 1.45 bits per heavy atom. The molecule has 0 aromatic heterocycles. The zero-order valence-corrected chi connectivity index (χ0v) is 63.0. The van der Waals surface area contributed by atoms with Crippen LogP contribution in [0.15, 0.2) is 0 Å². The molecular weight excluding hydrogens is 1230 g/mol. The molecule has 25 heteroatoms. The van der Waals surface area contributed by atoms with E-state index in [2.05, 4.69) is 16.0 Å². The van der Waals surface area contributed by atoms with Crippen molar-refractivity contribution >= 4 is 70.6 Å². The van der Waals surface area contributed by atoms with Gasteiger partial charge >= 0.3 is 0 Å². The highest BCUT2D eigenvalue weighted by molar-refractivity contribution is 5.99. The summed E-state index contributed by atoms with van der Waals surface area (Å²) in [5.74, 6) is -10.4. The maximum Gasteiger partial charge on any atom is 0.246 e. The number of amides is 10. The minimum atomic E-state index is -1.67. The predicted octanol–water partition coefficient (Wildman–Crippen LogP) is 5.09. The molecule has 552 valence electrons. The SMILES string of the molecule is CC[C@@H]1NC(=O)[C@H]([C@H](O)[C@H](C)CCCCC(=O)CCCCOCCCO)N(C)C(=O)[C@H](C(C)C)N(C)C(=O)[C@H](CC(C)C)N(C)C(=O)[C@H](CC(C)C)N(C)C(=O)[C@@H](C)NC(=O)[C@H](C)NC(=O)[C@H](CC(C)C)N(C)C(=O)C(C(C)C)CC(=O)[C@H](CC(C)C)N(C)C(=O)CN(C)C1=O. The molecule has 1 rings (SSSR count). The first kappa shape index (κ1) is 87.9. The number of carbonyl (C=O) groups is 12. The smallest absolute Gasteiger partial charge is 0.246 e. The van der Waals surface area contributed by atoms with Crippen molar-refractivity contribution in [3.8, 4) is 0 Å². The van der Waals surface area contributed by atoms with Crippen LogP contribution in [0, 0.1) is 47.3 Å². The predicted molar refractivity (Wildman–Crippen MR) is 370 cm³/mol. The van der Waals surface area contributed by atoms with E-state index >= 15 is 19.2 Å². The van der Waals surface area contributed by atoms with Gasteiger partial charge in [-0.25, -0.2) is 0 Å². The van der Waals surface area contributed by atoms with E-state index in [1.165, 1.54) is 87.7 Å². The Bertz CT molecular complexity index is 2550. The largest absolute Gasteiger partial charge is 0.396 e. The number of nitrogens with one attached hydrogen (secondary N) is 3. The molecule has 25 nitrogen and oxygen atoms in total. The highest BCUT2D eigenvalue weighted by atomic mass is 16.5. The maximum absolute atomic E-state index is 15.4. The number of rotatable bonds is 26. The van der Waals surface area contributed by atoms with Crippen LogP contribution in [0.2, 0.25) is 0 Å². The summed E-state index contributed by atoms with van der Waals surface area (Å²) >= 11 is 0. The first-order valence-corrected chi connectivity index (χ1v) is 35.3. The lowest BCUT2D eigenvalue weighted by Gasteiger charge is -2.41. The van der Waals surface area contributed by atoms with Crippen LogP contribution in [0.4, 0.5) is 0 Å². The standard InChI is InChI=1S/C71H128N10O15/c1-24-53-68(92)75(17)41-59(85)76(18)54(36-42(2)3)58(84)40-52(46(10)11)67(91)77(19)55(37-43(4)5)64(88)72-49(15)63(87)73-50(16)66(90)78(20)56(38-44(6)7)69(93)79(21)57(39-45(8)9)70(94)80(22)60(47(12)13)71(95)81(23)61(65(89)74-53)62(86)48(14)30-25-26-31-51(83)32-27-28-34-96-35-29-33-82/h42-50,52-57,60-62,82,86H,24-41H2,1-23H3,(H,72,88)(H,73,87)(H,74,89)/t48-,49+,50-,52?,53+,54+,55+,56+,57+,60+,61+,62-/m1/s1. The Labute approximate surface area is 575 Å². The van der Waals surface area contributed by atoms with Gasteiger partial charge in [0.05, 0.1) is 18.7 Å². The third-order valence-corrected chi connectivity index (χ3v) is 18.5. The van der Waals surface area contributed by atoms with E-state index in [0.29, 0.717) is 58.2 Å². The molecule has 1 saturated heterocycles. The lowest BCUT2D eigenvalue weighted by Crippen LogP contribution is -2.63. The summed E-state index contributed by atoms with van der Waals surface area (Å²) in [7, 11) is 9.96. The van der Waals surface area contributed by atoms with Gasteiger partial charge in [0.25, 0.3) is 0 Å². The number of ketones is 2. The third-order valence-electron chi connectivity index (χ3n) is 18.5. The number of carbonyl (C=O) groups excluding carboxylic acids is 12. The molecule has 0 aliphatic carbocycles. The second-order valence-corrected chi connectivity index (χ2v) is 29.5. The minimum absolute atomic E-state index is 0.00265. The number of unbranched alkanes of at least 4 members (excludes halogenated alkanes) is 2. The quantitative estimate of drug-likeness (QED) is 0.0705. The molecule has 10 amide bonds. The van der Waals surface area contributed by atoms with Crippen molar-refractivity contribution < 1.29 is 72.5 Å². The van der Waals surface area contributed by atoms with Crippen LogP contribution in [-0.4, -0.2) is 251 Å². The molecule has 96 heavy (non-hydrogen) atoms. The first-order valence-electron chi connectivity index (χ1n) is 35.3. The molecule has 0 aromatic rings. The fraction of sp³-hybridized carbons (Fsp3) is 0.831. The normalized spacial score (nSPS) is 25.2. The molecule has 0 spiro atoms. The van der Waals surface area contributed by atoms with Gasteiger partial charge < -0.3 is 65.2 Å². The summed E-state index contributed by atoms with van der Waals surface area (Å²) in [6.45, 7) is 28.6. The van der Waals surface area contributed by atoms with Crippen molar-refractivity contribution in [3.05, 3.63) is 0 Å². The Balaban J connectivity index is 4.24. The van der Waals surface area contributed by atoms with E-state index in [1.54, 1.807) is 41.5 Å². The summed E-state index contributed by atoms with van der Waals surface area (Å²) in [6.07, 6.45) is 2.58. The molecule has 5 N–H and O–H groups in total. The van der Waals surface area contributed by atoms with Crippen LogP contribution in [0.5, 0.6) is 0 Å². The van der Waals surface area contributed by atoms with Gasteiger partial charge in [-0.1, -0.05) is 103 Å². The number of nitrogens with zero attached hydrogens (tertiary/aromatic N) is 7. The van der Waals surface area contributed by atoms with E-state index in [4.69, 9.17) is 9.84 Å². The number of ether oxygens (including phenoxy) is 1. The molecular formula is C71H128N10O15. The Hall–Kier alpha value is -6.08. The molecule has 12 atom stereocenters. The van der Waals surface area contributed by atoms with Crippen molar-refractivity contribution in [1.82, 2.24) is 50.2 Å². The van der Waals surface area contributed by atoms with E-state index in [-0.39, 0.29) is 81.0 Å². The maximum atomic E-state index is 15.4. The highest BCUT2D eigenvalue weighted by Gasteiger charge is 2.46. The van der Waals surface area contributed by atoms with Gasteiger partial charge in [0, 0.05) is 94.3 Å². The van der Waals surface area contributed by atoms with Crippen molar-refractivity contribution in [1.29, 1.82) is 0 Å². The van der Waals surface area contributed by atoms with E-state index in [9.17, 15) is 43.5 Å². The summed E-state index contributed by atoms with van der Waals surface area (Å²) in [5.41, 5.74) is 0. The van der Waals surface area contributed by atoms with Gasteiger partial charge in [-0.3, -0.25) is 57.5 Å². The molecule has 0 bridgehead atoms. The minimum Gasteiger partial charge on any atom is -0.396 e. The second kappa shape index (κ2) is 42.7. The lowest BCUT2D eigenvalue weighted by molar-refractivity contribution is -0.157. The van der Waals surface area contributed by atoms with Gasteiger partial charge in [-0.05, 0) is 119 Å². The van der Waals surface area contributed by atoms with Crippen LogP contribution in [-0.2, 0) is 62.3 Å². The fourth-order valence-electron chi connectivity index (χ4n) is 12.4. The van der Waals surface area contributed by atoms with Crippen LogP contribution in [0.3, 0.4) is 0 Å². The fourth-order valence-corrected chi connectivity index (χ4v) is 12.4. The Kier molecular flexibility index (Phi) is 39.1. The molecule has 0 aromatic carbocycles. The average molecular weight is 1360 g/mol. The Morgan fingerprint density at radius 2 is 0.948 bits per heavy atom. The first-order chi connectivity index (χ1) is 44.6. The third kappa shape index (κ3) is 27.3. The molecule has 1 aliphatic heterocycles. The molecule has 0 radical (unpaired) electrons. The molecule has 1 unspecified atom stereocenters. The zero-order valence-electron chi connectivity index (χ0n) is 63.0. The number of hydrogen-bond donors (Lipinski definition) is 5. The van der Waals surface area contributed by atoms with Crippen LogP contribution < -0.4 is 16.0 Å². The summed E-state index contributed by atoms with van der Waals surface area (Å²) in [4.78, 5) is 183. The van der Waals surface area contributed by atoms with Crippen LogP contribution in [0.1, 0.15) is 201 Å². The number of aliphatic hydroxyl groups excluding tert-OH is 2. The summed E-state index contributed by atoms with van der Waals surface area (Å²) < 4.78 is 5.48. The molecule has 0 saturated carbocycles. The van der Waals surface area contributed by atoms with Gasteiger partial charge in [-0.15, -0.1) is 0 Å². The monoisotopic (exact) mass is 1360 g/mol. The van der Waals surface area contributed by atoms with Crippen molar-refractivity contribution in [3.63, 3.8) is 0 Å². The van der Waals surface area contributed by atoms with Crippen molar-refractivity contribution in [2.75, 3.05) is 75.7 Å². The summed E-state index contributed by atoms with van der Waals surface area (Å²) in [5, 5.41) is 29.6. The molecule has 1 aliphatic rings. The van der Waals surface area contributed by atoms with Crippen LogP contribution >= 0.6 is 0 Å². The van der Waals surface area contributed by atoms with Gasteiger partial charge in [0.1, 0.15) is 54.1 Å². The Morgan fingerprint density at radius 1 is 0.490 bits per heavy atom. The van der Waals surface area contributed by atoms with Crippen molar-refractivity contribution in [2.45, 2.75) is 261 Å². The van der Waals surface area contributed by atoms with E-state index in [1.807, 2.05) is 55.4 Å². The van der Waals surface area contributed by atoms with Crippen LogP contribution in [0.25, 0.3) is 0 Å². The number of hydrogen-bond acceptors (Lipinski definition) is 15. The topological polar surface area (TPSA) is 313 Å². The van der Waals surface area contributed by atoms with Gasteiger partial charge in [-0.2, -0.15) is 0 Å². The second-order valence-electron chi connectivity index (χ2n) is 29.5. The highest BCUT2D eigenvalue weighted by Crippen LogP contribution is 2.28. The zero-order chi connectivity index (χ0) is 73.9. The van der Waals surface area contributed by atoms with E-state index in [0.717, 1.165) is 9.80 Å². The summed E-state index contributed by atoms with van der Waals surface area (Å²) in [6, 6.07) is -11.2. The van der Waals surface area contributed by atoms with E-state index < -0.39 is 156 Å². The average Bonchev–Trinajstić information content (AvgIpc) is 0.809. The molecule has 1 fully saturated rings. The number of Topliss-reactive ketones (excluding diaryl/α,β-unsaturated/α-hetero) is 2.